The molecule has 1 aliphatic carbocycles. The SMILES string of the molecule is CC(C)(C)C1CCC(n2cnc(-c3ccc(F)cc3)c2-c2ccc3nc(CC(=O)c4ccnc(F)c4)cn3n2)CC1. The lowest BCUT2D eigenvalue weighted by Gasteiger charge is -2.37. The third-order valence-electron chi connectivity index (χ3n) is 8.23. The molecule has 0 amide bonds. The fourth-order valence-electron chi connectivity index (χ4n) is 5.92. The Bertz CT molecular complexity index is 1710. The predicted molar refractivity (Wildman–Crippen MR) is 152 cm³/mol. The zero-order chi connectivity index (χ0) is 28.7. The molecule has 5 aromatic rings. The minimum absolute atomic E-state index is 0.0118. The van der Waals surface area contributed by atoms with Crippen molar-refractivity contribution < 1.29 is 13.6 Å². The summed E-state index contributed by atoms with van der Waals surface area (Å²) in [5, 5.41) is 4.88. The summed E-state index contributed by atoms with van der Waals surface area (Å²) in [4.78, 5) is 25.6. The maximum atomic E-state index is 13.8. The van der Waals surface area contributed by atoms with Crippen molar-refractivity contribution in [2.45, 2.75) is 58.9 Å². The Labute approximate surface area is 237 Å². The van der Waals surface area contributed by atoms with Crippen LogP contribution in [0.2, 0.25) is 0 Å². The fraction of sp³-hybridized carbons (Fsp3) is 0.344. The number of carbonyl (C=O) groups excluding carboxylic acids is 1. The van der Waals surface area contributed by atoms with Gasteiger partial charge in [-0.25, -0.2) is 23.9 Å². The van der Waals surface area contributed by atoms with Gasteiger partial charge in [-0.1, -0.05) is 20.8 Å². The van der Waals surface area contributed by atoms with Crippen molar-refractivity contribution in [3.63, 3.8) is 0 Å². The molecular weight excluding hydrogens is 522 g/mol. The van der Waals surface area contributed by atoms with Crippen molar-refractivity contribution in [2.24, 2.45) is 11.3 Å². The van der Waals surface area contributed by atoms with Crippen molar-refractivity contribution in [3.05, 3.63) is 90.3 Å². The normalized spacial score (nSPS) is 17.7. The molecule has 9 heteroatoms. The number of pyridine rings is 1. The van der Waals surface area contributed by atoms with Crippen LogP contribution in [0, 0.1) is 23.1 Å². The largest absolute Gasteiger partial charge is 0.326 e. The molecule has 4 heterocycles. The van der Waals surface area contributed by atoms with E-state index in [2.05, 4.69) is 35.3 Å². The van der Waals surface area contributed by atoms with E-state index in [1.54, 1.807) is 22.8 Å². The number of imidazole rings is 2. The van der Waals surface area contributed by atoms with Gasteiger partial charge in [0.1, 0.15) is 11.5 Å². The van der Waals surface area contributed by atoms with Gasteiger partial charge in [0.25, 0.3) is 0 Å². The van der Waals surface area contributed by atoms with Crippen molar-refractivity contribution in [2.75, 3.05) is 0 Å². The van der Waals surface area contributed by atoms with Crippen LogP contribution in [-0.4, -0.2) is 34.9 Å². The topological polar surface area (TPSA) is 78.0 Å². The molecular formula is C32H32F2N6O. The van der Waals surface area contributed by atoms with E-state index in [0.717, 1.165) is 48.7 Å². The number of ketones is 1. The van der Waals surface area contributed by atoms with Crippen LogP contribution in [0.15, 0.2) is 67.3 Å². The Morgan fingerprint density at radius 2 is 1.73 bits per heavy atom. The van der Waals surface area contributed by atoms with Gasteiger partial charge in [-0.2, -0.15) is 9.49 Å². The van der Waals surface area contributed by atoms with Gasteiger partial charge in [-0.3, -0.25) is 4.79 Å². The first-order valence-electron chi connectivity index (χ1n) is 14.0. The Kier molecular flexibility index (Phi) is 6.97. The summed E-state index contributed by atoms with van der Waals surface area (Å²) in [7, 11) is 0. The summed E-state index contributed by atoms with van der Waals surface area (Å²) in [6.07, 6.45) is 9.27. The lowest BCUT2D eigenvalue weighted by Crippen LogP contribution is -2.27. The molecule has 41 heavy (non-hydrogen) atoms. The Morgan fingerprint density at radius 3 is 2.44 bits per heavy atom. The van der Waals surface area contributed by atoms with Crippen LogP contribution in [0.3, 0.4) is 0 Å². The van der Waals surface area contributed by atoms with E-state index in [4.69, 9.17) is 10.1 Å². The molecule has 1 saturated carbocycles. The highest BCUT2D eigenvalue weighted by molar-refractivity contribution is 5.97. The molecule has 6 rings (SSSR count). The highest BCUT2D eigenvalue weighted by Crippen LogP contribution is 2.43. The van der Waals surface area contributed by atoms with Crippen LogP contribution < -0.4 is 0 Å². The molecule has 0 spiro atoms. The number of carbonyl (C=O) groups is 1. The highest BCUT2D eigenvalue weighted by Gasteiger charge is 2.32. The molecule has 0 atom stereocenters. The number of benzene rings is 1. The Morgan fingerprint density at radius 1 is 0.976 bits per heavy atom. The molecule has 0 N–H and O–H groups in total. The number of nitrogens with zero attached hydrogens (tertiary/aromatic N) is 6. The number of fused-ring (bicyclic) bond motifs is 1. The van der Waals surface area contributed by atoms with Crippen molar-refractivity contribution in [3.8, 4) is 22.6 Å². The first kappa shape index (κ1) is 26.9. The van der Waals surface area contributed by atoms with E-state index in [-0.39, 0.29) is 35.0 Å². The van der Waals surface area contributed by atoms with Crippen LogP contribution >= 0.6 is 0 Å². The van der Waals surface area contributed by atoms with E-state index in [1.165, 1.54) is 24.4 Å². The monoisotopic (exact) mass is 554 g/mol. The second-order valence-electron chi connectivity index (χ2n) is 11.9. The van der Waals surface area contributed by atoms with Gasteiger partial charge >= 0.3 is 0 Å². The molecule has 0 bridgehead atoms. The van der Waals surface area contributed by atoms with Gasteiger partial charge in [0, 0.05) is 29.4 Å². The number of aromatic nitrogens is 6. The maximum absolute atomic E-state index is 13.8. The predicted octanol–water partition coefficient (Wildman–Crippen LogP) is 7.14. The fourth-order valence-corrected chi connectivity index (χ4v) is 5.92. The van der Waals surface area contributed by atoms with Gasteiger partial charge in [0.15, 0.2) is 11.4 Å². The number of hydrogen-bond acceptors (Lipinski definition) is 5. The second-order valence-corrected chi connectivity index (χ2v) is 11.9. The van der Waals surface area contributed by atoms with Crippen LogP contribution in [-0.2, 0) is 6.42 Å². The average molecular weight is 555 g/mol. The van der Waals surface area contributed by atoms with E-state index < -0.39 is 5.95 Å². The summed E-state index contributed by atoms with van der Waals surface area (Å²) >= 11 is 0. The van der Waals surface area contributed by atoms with Gasteiger partial charge < -0.3 is 4.57 Å². The molecule has 0 saturated heterocycles. The lowest BCUT2D eigenvalue weighted by atomic mass is 9.71. The van der Waals surface area contributed by atoms with E-state index in [0.29, 0.717) is 23.0 Å². The third kappa shape index (κ3) is 5.53. The lowest BCUT2D eigenvalue weighted by molar-refractivity contribution is 0.0991. The van der Waals surface area contributed by atoms with Gasteiger partial charge in [-0.05, 0) is 79.5 Å². The average Bonchev–Trinajstić information content (AvgIpc) is 3.57. The zero-order valence-corrected chi connectivity index (χ0v) is 23.4. The smallest absolute Gasteiger partial charge is 0.213 e. The van der Waals surface area contributed by atoms with Gasteiger partial charge in [-0.15, -0.1) is 0 Å². The molecule has 1 aromatic carbocycles. The summed E-state index contributed by atoms with van der Waals surface area (Å²) in [6, 6.07) is 13.0. The quantitative estimate of drug-likeness (QED) is 0.165. The number of Topliss-reactive ketones (excluding diaryl/α,β-unsaturated/α-hetero) is 1. The minimum Gasteiger partial charge on any atom is -0.326 e. The summed E-state index contributed by atoms with van der Waals surface area (Å²) in [6.45, 7) is 6.94. The van der Waals surface area contributed by atoms with Crippen LogP contribution in [0.5, 0.6) is 0 Å². The number of rotatable bonds is 6. The summed E-state index contributed by atoms with van der Waals surface area (Å²) in [5.41, 5.74) is 4.78. The van der Waals surface area contributed by atoms with E-state index >= 15 is 0 Å². The molecule has 0 aliphatic heterocycles. The van der Waals surface area contributed by atoms with E-state index in [9.17, 15) is 13.6 Å². The first-order chi connectivity index (χ1) is 19.7. The van der Waals surface area contributed by atoms with Crippen molar-refractivity contribution in [1.29, 1.82) is 0 Å². The van der Waals surface area contributed by atoms with Gasteiger partial charge in [0.2, 0.25) is 5.95 Å². The second kappa shape index (κ2) is 10.6. The highest BCUT2D eigenvalue weighted by atomic mass is 19.1. The Balaban J connectivity index is 1.35. The molecule has 4 aromatic heterocycles. The molecule has 1 fully saturated rings. The standard InChI is InChI=1S/C32H32F2N6O/c1-32(2,3)22-6-10-25(11-7-22)39-19-36-30(20-4-8-23(33)9-5-20)31(39)26-12-13-29-37-24(18-40(29)38-26)17-27(41)21-14-15-35-28(34)16-21/h4-5,8-9,12-16,18-19,22,25H,6-7,10-11,17H2,1-3H3. The maximum Gasteiger partial charge on any atom is 0.213 e. The molecule has 0 unspecified atom stereocenters. The molecule has 7 nitrogen and oxygen atoms in total. The number of hydrogen-bond donors (Lipinski definition) is 0. The van der Waals surface area contributed by atoms with Crippen LogP contribution in [0.4, 0.5) is 8.78 Å². The van der Waals surface area contributed by atoms with Crippen molar-refractivity contribution >= 4 is 11.4 Å². The summed E-state index contributed by atoms with van der Waals surface area (Å²) in [5.74, 6) is -0.577. The Hall–Kier alpha value is -4.27. The van der Waals surface area contributed by atoms with Crippen LogP contribution in [0.25, 0.3) is 28.3 Å². The van der Waals surface area contributed by atoms with Crippen molar-refractivity contribution in [1.82, 2.24) is 29.1 Å². The zero-order valence-electron chi connectivity index (χ0n) is 23.4. The summed E-state index contributed by atoms with van der Waals surface area (Å²) < 4.78 is 31.2. The molecule has 1 aliphatic rings. The van der Waals surface area contributed by atoms with Gasteiger partial charge in [0.05, 0.1) is 36.0 Å². The minimum atomic E-state index is -0.697. The van der Waals surface area contributed by atoms with Crippen LogP contribution in [0.1, 0.15) is 68.5 Å². The molecule has 0 radical (unpaired) electrons. The first-order valence-corrected chi connectivity index (χ1v) is 14.0. The van der Waals surface area contributed by atoms with E-state index in [1.807, 2.05) is 18.5 Å². The third-order valence-corrected chi connectivity index (χ3v) is 8.23. The number of halogens is 2. The molecule has 210 valence electrons.